The molecule has 0 atom stereocenters. The van der Waals surface area contributed by atoms with E-state index < -0.39 is 0 Å². The van der Waals surface area contributed by atoms with Crippen molar-refractivity contribution in [3.8, 4) is 5.75 Å². The lowest BCUT2D eigenvalue weighted by Crippen LogP contribution is -2.23. The molecule has 0 saturated carbocycles. The topological polar surface area (TPSA) is 47.6 Å². The first-order valence-electron chi connectivity index (χ1n) is 3.52. The van der Waals surface area contributed by atoms with E-state index in [1.165, 1.54) is 0 Å². The molecule has 1 aliphatic heterocycles. The minimum Gasteiger partial charge on any atom is -0.483 e. The van der Waals surface area contributed by atoms with E-state index in [0.717, 1.165) is 15.9 Å². The summed E-state index contributed by atoms with van der Waals surface area (Å²) in [5, 5.41) is 0. The first-order chi connectivity index (χ1) is 5.77. The van der Waals surface area contributed by atoms with E-state index in [1.54, 1.807) is 0 Å². The zero-order chi connectivity index (χ0) is 8.55. The minimum atomic E-state index is 0.378. The van der Waals surface area contributed by atoms with Gasteiger partial charge in [-0.3, -0.25) is 0 Å². The minimum absolute atomic E-state index is 0.378. The predicted octanol–water partition coefficient (Wildman–Crippen LogP) is 1.83. The lowest BCUT2D eigenvalue weighted by atomic mass is 10.3. The number of ether oxygens (including phenoxy) is 1. The SMILES string of the molecule is NC1=Nc2c(Br)cccc2OC1. The van der Waals surface area contributed by atoms with Gasteiger partial charge in [0, 0.05) is 4.47 Å². The van der Waals surface area contributed by atoms with Gasteiger partial charge in [-0.1, -0.05) is 6.07 Å². The van der Waals surface area contributed by atoms with Gasteiger partial charge in [-0.25, -0.2) is 4.99 Å². The Morgan fingerprint density at radius 2 is 2.33 bits per heavy atom. The molecule has 0 radical (unpaired) electrons. The van der Waals surface area contributed by atoms with E-state index >= 15 is 0 Å². The fourth-order valence-electron chi connectivity index (χ4n) is 1.05. The number of para-hydroxylation sites is 1. The van der Waals surface area contributed by atoms with Gasteiger partial charge >= 0.3 is 0 Å². The summed E-state index contributed by atoms with van der Waals surface area (Å²) in [7, 11) is 0. The van der Waals surface area contributed by atoms with Crippen LogP contribution in [0.3, 0.4) is 0 Å². The molecule has 2 N–H and O–H groups in total. The monoisotopic (exact) mass is 226 g/mol. The molecule has 0 fully saturated rings. The predicted molar refractivity (Wildman–Crippen MR) is 50.9 cm³/mol. The molecule has 0 spiro atoms. The maximum atomic E-state index is 5.52. The van der Waals surface area contributed by atoms with Crippen molar-refractivity contribution in [3.63, 3.8) is 0 Å². The standard InChI is InChI=1S/C8H7BrN2O/c9-5-2-1-3-6-8(5)11-7(10)4-12-6/h1-3H,4H2,(H2,10,11). The second-order valence-electron chi connectivity index (χ2n) is 2.48. The molecule has 12 heavy (non-hydrogen) atoms. The van der Waals surface area contributed by atoms with E-state index in [-0.39, 0.29) is 0 Å². The zero-order valence-electron chi connectivity index (χ0n) is 6.25. The molecule has 0 aliphatic carbocycles. The molecule has 0 amide bonds. The van der Waals surface area contributed by atoms with Crippen LogP contribution >= 0.6 is 15.9 Å². The molecule has 1 heterocycles. The Hall–Kier alpha value is -1.03. The first kappa shape index (κ1) is 7.61. The number of benzene rings is 1. The van der Waals surface area contributed by atoms with Gasteiger partial charge in [0.05, 0.1) is 0 Å². The summed E-state index contributed by atoms with van der Waals surface area (Å²) in [5.41, 5.74) is 6.30. The van der Waals surface area contributed by atoms with Crippen LogP contribution in [-0.4, -0.2) is 12.4 Å². The third-order valence-corrected chi connectivity index (χ3v) is 2.22. The van der Waals surface area contributed by atoms with Crippen molar-refractivity contribution in [1.29, 1.82) is 0 Å². The van der Waals surface area contributed by atoms with Gasteiger partial charge in [-0.2, -0.15) is 0 Å². The maximum Gasteiger partial charge on any atom is 0.146 e. The summed E-state index contributed by atoms with van der Waals surface area (Å²) < 4.78 is 6.24. The number of amidine groups is 1. The number of hydrogen-bond acceptors (Lipinski definition) is 3. The van der Waals surface area contributed by atoms with E-state index in [0.29, 0.717) is 12.4 Å². The highest BCUT2D eigenvalue weighted by Crippen LogP contribution is 2.36. The summed E-state index contributed by atoms with van der Waals surface area (Å²) in [6.07, 6.45) is 0. The van der Waals surface area contributed by atoms with Gasteiger partial charge in [0.2, 0.25) is 0 Å². The molecule has 0 aromatic heterocycles. The van der Waals surface area contributed by atoms with Gasteiger partial charge < -0.3 is 10.5 Å². The van der Waals surface area contributed by atoms with E-state index in [4.69, 9.17) is 10.5 Å². The van der Waals surface area contributed by atoms with Gasteiger partial charge in [0.1, 0.15) is 23.9 Å². The van der Waals surface area contributed by atoms with Crippen molar-refractivity contribution in [1.82, 2.24) is 0 Å². The van der Waals surface area contributed by atoms with Gasteiger partial charge in [0.25, 0.3) is 0 Å². The second-order valence-corrected chi connectivity index (χ2v) is 3.33. The van der Waals surface area contributed by atoms with Gasteiger partial charge in [-0.05, 0) is 28.1 Å². The molecule has 1 aromatic carbocycles. The van der Waals surface area contributed by atoms with Gasteiger partial charge in [0.15, 0.2) is 0 Å². The van der Waals surface area contributed by atoms with Crippen LogP contribution in [0.15, 0.2) is 27.7 Å². The normalized spacial score (nSPS) is 14.6. The van der Waals surface area contributed by atoms with E-state index in [9.17, 15) is 0 Å². The third-order valence-electron chi connectivity index (χ3n) is 1.58. The Morgan fingerprint density at radius 3 is 3.17 bits per heavy atom. The summed E-state index contributed by atoms with van der Waals surface area (Å²) in [5.74, 6) is 1.29. The van der Waals surface area contributed by atoms with E-state index in [2.05, 4.69) is 20.9 Å². The van der Waals surface area contributed by atoms with Crippen molar-refractivity contribution >= 4 is 27.5 Å². The Kier molecular flexibility index (Phi) is 1.77. The molecule has 2 rings (SSSR count). The molecule has 0 unspecified atom stereocenters. The molecule has 0 bridgehead atoms. The second kappa shape index (κ2) is 2.79. The summed E-state index contributed by atoms with van der Waals surface area (Å²) in [6.45, 7) is 0.378. The van der Waals surface area contributed by atoms with Crippen LogP contribution in [0.5, 0.6) is 5.75 Å². The fraction of sp³-hybridized carbons (Fsp3) is 0.125. The molecule has 62 valence electrons. The number of halogens is 1. The van der Waals surface area contributed by atoms with Crippen LogP contribution in [0.4, 0.5) is 5.69 Å². The molecule has 3 nitrogen and oxygen atoms in total. The summed E-state index contributed by atoms with van der Waals surface area (Å²) in [6, 6.07) is 5.68. The molecule has 0 saturated heterocycles. The van der Waals surface area contributed by atoms with Crippen molar-refractivity contribution in [3.05, 3.63) is 22.7 Å². The van der Waals surface area contributed by atoms with Crippen LogP contribution in [0, 0.1) is 0 Å². The van der Waals surface area contributed by atoms with Crippen LogP contribution in [0.1, 0.15) is 0 Å². The van der Waals surface area contributed by atoms with Crippen molar-refractivity contribution in [2.75, 3.05) is 6.61 Å². The Labute approximate surface area is 78.4 Å². The molecular weight excluding hydrogens is 220 g/mol. The fourth-order valence-corrected chi connectivity index (χ4v) is 1.48. The molecular formula is C8H7BrN2O. The number of rotatable bonds is 0. The number of fused-ring (bicyclic) bond motifs is 1. The Bertz CT molecular complexity index is 349. The number of aliphatic imine (C=N–C) groups is 1. The van der Waals surface area contributed by atoms with E-state index in [1.807, 2.05) is 18.2 Å². The Morgan fingerprint density at radius 1 is 1.50 bits per heavy atom. The highest BCUT2D eigenvalue weighted by atomic mass is 79.9. The van der Waals surface area contributed by atoms with Crippen LogP contribution in [0.25, 0.3) is 0 Å². The van der Waals surface area contributed by atoms with Crippen LogP contribution in [0.2, 0.25) is 0 Å². The number of nitrogens with two attached hydrogens (primary N) is 1. The zero-order valence-corrected chi connectivity index (χ0v) is 7.84. The molecule has 4 heteroatoms. The number of nitrogens with zero attached hydrogens (tertiary/aromatic N) is 1. The average molecular weight is 227 g/mol. The molecule has 1 aromatic rings. The first-order valence-corrected chi connectivity index (χ1v) is 4.31. The van der Waals surface area contributed by atoms with Crippen LogP contribution < -0.4 is 10.5 Å². The van der Waals surface area contributed by atoms with Crippen LogP contribution in [-0.2, 0) is 0 Å². The smallest absolute Gasteiger partial charge is 0.146 e. The average Bonchev–Trinajstić information content (AvgIpc) is 2.07. The quantitative estimate of drug-likeness (QED) is 0.734. The maximum absolute atomic E-state index is 5.52. The number of hydrogen-bond donors (Lipinski definition) is 1. The summed E-state index contributed by atoms with van der Waals surface area (Å²) in [4.78, 5) is 4.17. The third kappa shape index (κ3) is 1.18. The lowest BCUT2D eigenvalue weighted by Gasteiger charge is -2.14. The lowest BCUT2D eigenvalue weighted by molar-refractivity contribution is 0.371. The molecule has 1 aliphatic rings. The summed E-state index contributed by atoms with van der Waals surface area (Å²) >= 11 is 3.37. The Balaban J connectivity index is 2.59. The van der Waals surface area contributed by atoms with Crippen molar-refractivity contribution in [2.24, 2.45) is 10.7 Å². The largest absolute Gasteiger partial charge is 0.483 e. The highest BCUT2D eigenvalue weighted by Gasteiger charge is 2.12. The highest BCUT2D eigenvalue weighted by molar-refractivity contribution is 9.10. The van der Waals surface area contributed by atoms with Gasteiger partial charge in [-0.15, -0.1) is 0 Å². The van der Waals surface area contributed by atoms with Crippen molar-refractivity contribution in [2.45, 2.75) is 0 Å². The van der Waals surface area contributed by atoms with Crippen molar-refractivity contribution < 1.29 is 4.74 Å².